The Morgan fingerprint density at radius 1 is 1.06 bits per heavy atom. The van der Waals surface area contributed by atoms with Crippen LogP contribution in [0.2, 0.25) is 0 Å². The highest BCUT2D eigenvalue weighted by Crippen LogP contribution is 2.26. The molecule has 0 aromatic heterocycles. The van der Waals surface area contributed by atoms with Crippen LogP contribution in [0.15, 0.2) is 12.1 Å². The molecule has 0 atom stereocenters. The van der Waals surface area contributed by atoms with Crippen molar-refractivity contribution in [1.82, 2.24) is 0 Å². The number of anilines is 1. The second-order valence-corrected chi connectivity index (χ2v) is 4.25. The molecule has 1 aliphatic rings. The molecule has 2 rings (SSSR count). The predicted octanol–water partition coefficient (Wildman–Crippen LogP) is 3.71. The molecule has 1 fully saturated rings. The minimum atomic E-state index is -1.41. The second kappa shape index (κ2) is 4.76. The van der Waals surface area contributed by atoms with Gasteiger partial charge in [-0.2, -0.15) is 0 Å². The van der Waals surface area contributed by atoms with Crippen molar-refractivity contribution >= 4 is 5.69 Å². The van der Waals surface area contributed by atoms with Crippen molar-refractivity contribution in [2.75, 3.05) is 11.9 Å². The van der Waals surface area contributed by atoms with E-state index in [0.717, 1.165) is 18.9 Å². The minimum Gasteiger partial charge on any atom is -0.382 e. The molecular formula is C12H14F3N. The second-order valence-electron chi connectivity index (χ2n) is 4.25. The Bertz CT molecular complexity index is 373. The first-order valence-corrected chi connectivity index (χ1v) is 5.56. The van der Waals surface area contributed by atoms with E-state index in [4.69, 9.17) is 0 Å². The fourth-order valence-electron chi connectivity index (χ4n) is 2.13. The molecular weight excluding hydrogens is 215 g/mol. The molecule has 16 heavy (non-hydrogen) atoms. The summed E-state index contributed by atoms with van der Waals surface area (Å²) in [5.41, 5.74) is 0.0470. The van der Waals surface area contributed by atoms with E-state index in [0.29, 0.717) is 12.5 Å². The molecule has 1 nitrogen and oxygen atoms in total. The van der Waals surface area contributed by atoms with Gasteiger partial charge in [0.1, 0.15) is 0 Å². The molecule has 0 bridgehead atoms. The SMILES string of the molecule is Fc1ccc(NCC2CCCC2)c(F)c1F. The summed E-state index contributed by atoms with van der Waals surface area (Å²) in [5, 5.41) is 2.84. The van der Waals surface area contributed by atoms with Crippen LogP contribution in [0.4, 0.5) is 18.9 Å². The summed E-state index contributed by atoms with van der Waals surface area (Å²) < 4.78 is 38.8. The van der Waals surface area contributed by atoms with Crippen LogP contribution in [0.3, 0.4) is 0 Å². The van der Waals surface area contributed by atoms with E-state index in [1.807, 2.05) is 0 Å². The van der Waals surface area contributed by atoms with Gasteiger partial charge in [0.2, 0.25) is 0 Å². The zero-order valence-electron chi connectivity index (χ0n) is 8.90. The van der Waals surface area contributed by atoms with Gasteiger partial charge in [-0.05, 0) is 30.9 Å². The van der Waals surface area contributed by atoms with Gasteiger partial charge in [-0.15, -0.1) is 0 Å². The maximum absolute atomic E-state index is 13.3. The van der Waals surface area contributed by atoms with E-state index in [9.17, 15) is 13.2 Å². The Morgan fingerprint density at radius 2 is 1.75 bits per heavy atom. The first-order valence-electron chi connectivity index (χ1n) is 5.56. The van der Waals surface area contributed by atoms with Crippen LogP contribution in [0.25, 0.3) is 0 Å². The average molecular weight is 229 g/mol. The van der Waals surface area contributed by atoms with Gasteiger partial charge in [-0.1, -0.05) is 12.8 Å². The third-order valence-corrected chi connectivity index (χ3v) is 3.09. The monoisotopic (exact) mass is 229 g/mol. The first-order chi connectivity index (χ1) is 7.68. The summed E-state index contributed by atoms with van der Waals surface area (Å²) in [6.45, 7) is 0.627. The summed E-state index contributed by atoms with van der Waals surface area (Å²) in [4.78, 5) is 0. The summed E-state index contributed by atoms with van der Waals surface area (Å²) in [6, 6.07) is 2.18. The molecule has 0 spiro atoms. The summed E-state index contributed by atoms with van der Waals surface area (Å²) in [6.07, 6.45) is 4.65. The van der Waals surface area contributed by atoms with Crippen molar-refractivity contribution in [3.05, 3.63) is 29.6 Å². The standard InChI is InChI=1S/C12H14F3N/c13-9-5-6-10(12(15)11(9)14)16-7-8-3-1-2-4-8/h5-6,8,16H,1-4,7H2. The van der Waals surface area contributed by atoms with Crippen molar-refractivity contribution in [2.24, 2.45) is 5.92 Å². The normalized spacial score (nSPS) is 16.7. The zero-order chi connectivity index (χ0) is 11.5. The number of rotatable bonds is 3. The lowest BCUT2D eigenvalue weighted by molar-refractivity contribution is 0.448. The number of benzene rings is 1. The summed E-state index contributed by atoms with van der Waals surface area (Å²) >= 11 is 0. The highest BCUT2D eigenvalue weighted by Gasteiger charge is 2.17. The number of hydrogen-bond acceptors (Lipinski definition) is 1. The maximum Gasteiger partial charge on any atom is 0.196 e. The van der Waals surface area contributed by atoms with Crippen LogP contribution in [-0.4, -0.2) is 6.54 Å². The molecule has 1 aromatic carbocycles. The lowest BCUT2D eigenvalue weighted by atomic mass is 10.1. The van der Waals surface area contributed by atoms with Gasteiger partial charge < -0.3 is 5.32 Å². The zero-order valence-corrected chi connectivity index (χ0v) is 8.90. The van der Waals surface area contributed by atoms with Crippen molar-refractivity contribution < 1.29 is 13.2 Å². The van der Waals surface area contributed by atoms with Gasteiger partial charge in [-0.3, -0.25) is 0 Å². The van der Waals surface area contributed by atoms with Crippen molar-refractivity contribution in [2.45, 2.75) is 25.7 Å². The van der Waals surface area contributed by atoms with Crippen LogP contribution < -0.4 is 5.32 Å². The fraction of sp³-hybridized carbons (Fsp3) is 0.500. The molecule has 1 saturated carbocycles. The summed E-state index contributed by atoms with van der Waals surface area (Å²) in [5.74, 6) is -3.16. The molecule has 0 amide bonds. The highest BCUT2D eigenvalue weighted by atomic mass is 19.2. The van der Waals surface area contributed by atoms with Gasteiger partial charge in [0.05, 0.1) is 5.69 Å². The van der Waals surface area contributed by atoms with E-state index >= 15 is 0 Å². The van der Waals surface area contributed by atoms with Crippen molar-refractivity contribution in [3.63, 3.8) is 0 Å². The van der Waals surface area contributed by atoms with Crippen molar-refractivity contribution in [1.29, 1.82) is 0 Å². The third kappa shape index (κ3) is 2.31. The summed E-state index contributed by atoms with van der Waals surface area (Å²) in [7, 11) is 0. The quantitative estimate of drug-likeness (QED) is 0.779. The lowest BCUT2D eigenvalue weighted by Crippen LogP contribution is -2.12. The molecule has 4 heteroatoms. The van der Waals surface area contributed by atoms with Crippen LogP contribution in [0.5, 0.6) is 0 Å². The van der Waals surface area contributed by atoms with E-state index in [1.165, 1.54) is 18.9 Å². The Balaban J connectivity index is 2.01. The van der Waals surface area contributed by atoms with Gasteiger partial charge in [0.25, 0.3) is 0 Å². The number of hydrogen-bond donors (Lipinski definition) is 1. The first kappa shape index (κ1) is 11.3. The fourth-order valence-corrected chi connectivity index (χ4v) is 2.13. The largest absolute Gasteiger partial charge is 0.382 e. The molecule has 0 aliphatic heterocycles. The topological polar surface area (TPSA) is 12.0 Å². The molecule has 1 aliphatic carbocycles. The minimum absolute atomic E-state index is 0.0470. The highest BCUT2D eigenvalue weighted by molar-refractivity contribution is 5.45. The molecule has 88 valence electrons. The van der Waals surface area contributed by atoms with Gasteiger partial charge >= 0.3 is 0 Å². The average Bonchev–Trinajstić information content (AvgIpc) is 2.78. The molecule has 0 radical (unpaired) electrons. The van der Waals surface area contributed by atoms with Crippen LogP contribution in [0, 0.1) is 23.4 Å². The number of halogens is 3. The lowest BCUT2D eigenvalue weighted by Gasteiger charge is -2.12. The van der Waals surface area contributed by atoms with Crippen LogP contribution in [0.1, 0.15) is 25.7 Å². The number of nitrogens with one attached hydrogen (secondary N) is 1. The van der Waals surface area contributed by atoms with Crippen molar-refractivity contribution in [3.8, 4) is 0 Å². The third-order valence-electron chi connectivity index (χ3n) is 3.09. The molecule has 1 N–H and O–H groups in total. The predicted molar refractivity (Wildman–Crippen MR) is 56.8 cm³/mol. The molecule has 1 aromatic rings. The molecule has 0 unspecified atom stereocenters. The Kier molecular flexibility index (Phi) is 3.36. The smallest absolute Gasteiger partial charge is 0.196 e. The van der Waals surface area contributed by atoms with Crippen LogP contribution in [-0.2, 0) is 0 Å². The van der Waals surface area contributed by atoms with E-state index < -0.39 is 17.5 Å². The Morgan fingerprint density at radius 3 is 2.44 bits per heavy atom. The van der Waals surface area contributed by atoms with Crippen LogP contribution >= 0.6 is 0 Å². The molecule has 0 saturated heterocycles. The van der Waals surface area contributed by atoms with Gasteiger partial charge in [0, 0.05) is 6.54 Å². The Hall–Kier alpha value is -1.19. The van der Waals surface area contributed by atoms with E-state index in [1.54, 1.807) is 0 Å². The maximum atomic E-state index is 13.3. The Labute approximate surface area is 92.7 Å². The van der Waals surface area contributed by atoms with E-state index in [2.05, 4.69) is 5.32 Å². The molecule has 0 heterocycles. The van der Waals surface area contributed by atoms with Gasteiger partial charge in [0.15, 0.2) is 17.5 Å². The van der Waals surface area contributed by atoms with E-state index in [-0.39, 0.29) is 5.69 Å². The van der Waals surface area contributed by atoms with Gasteiger partial charge in [-0.25, -0.2) is 13.2 Å².